The summed E-state index contributed by atoms with van der Waals surface area (Å²) >= 11 is 0. The van der Waals surface area contributed by atoms with Gasteiger partial charge in [0.25, 0.3) is 0 Å². The normalized spacial score (nSPS) is 15.6. The Hall–Kier alpha value is -2.40. The Morgan fingerprint density at radius 2 is 1.77 bits per heavy atom. The second kappa shape index (κ2) is 9.34. The van der Waals surface area contributed by atoms with E-state index < -0.39 is 0 Å². The average Bonchev–Trinajstić information content (AvgIpc) is 2.68. The first-order valence-corrected chi connectivity index (χ1v) is 9.13. The van der Waals surface area contributed by atoms with Gasteiger partial charge in [-0.15, -0.1) is 0 Å². The molecule has 3 rings (SSSR count). The molecular formula is C21H25FN2O2. The van der Waals surface area contributed by atoms with Gasteiger partial charge in [0, 0.05) is 12.5 Å². The van der Waals surface area contributed by atoms with Crippen LogP contribution in [0.4, 0.5) is 4.39 Å². The third kappa shape index (κ3) is 5.56. The molecule has 4 nitrogen and oxygen atoms in total. The van der Waals surface area contributed by atoms with Gasteiger partial charge in [0.05, 0.1) is 6.54 Å². The van der Waals surface area contributed by atoms with E-state index >= 15 is 0 Å². The minimum atomic E-state index is -0.288. The molecule has 1 aliphatic heterocycles. The zero-order chi connectivity index (χ0) is 18.2. The Labute approximate surface area is 154 Å². The number of carbonyl (C=O) groups excluding carboxylic acids is 1. The van der Waals surface area contributed by atoms with Crippen molar-refractivity contribution in [1.29, 1.82) is 0 Å². The van der Waals surface area contributed by atoms with E-state index in [1.54, 1.807) is 12.1 Å². The van der Waals surface area contributed by atoms with Crippen molar-refractivity contribution < 1.29 is 13.9 Å². The molecule has 26 heavy (non-hydrogen) atoms. The molecule has 2 aromatic rings. The van der Waals surface area contributed by atoms with Crippen LogP contribution >= 0.6 is 0 Å². The van der Waals surface area contributed by atoms with Crippen molar-refractivity contribution in [1.82, 2.24) is 10.2 Å². The lowest BCUT2D eigenvalue weighted by molar-refractivity contribution is -0.126. The molecule has 1 saturated heterocycles. The molecular weight excluding hydrogens is 331 g/mol. The van der Waals surface area contributed by atoms with Crippen LogP contribution in [-0.4, -0.2) is 37.0 Å². The number of halogens is 1. The number of hydrogen-bond acceptors (Lipinski definition) is 3. The van der Waals surface area contributed by atoms with Crippen LogP contribution in [0.3, 0.4) is 0 Å². The van der Waals surface area contributed by atoms with E-state index in [0.717, 1.165) is 32.5 Å². The Bertz CT molecular complexity index is 683. The van der Waals surface area contributed by atoms with Gasteiger partial charge in [-0.05, 0) is 55.8 Å². The van der Waals surface area contributed by atoms with Crippen LogP contribution in [0.15, 0.2) is 54.6 Å². The molecule has 0 radical (unpaired) electrons. The molecule has 1 aliphatic rings. The van der Waals surface area contributed by atoms with E-state index in [1.165, 1.54) is 17.7 Å². The van der Waals surface area contributed by atoms with E-state index in [4.69, 9.17) is 4.74 Å². The summed E-state index contributed by atoms with van der Waals surface area (Å²) in [5, 5.41) is 2.94. The highest BCUT2D eigenvalue weighted by Gasteiger charge is 2.24. The van der Waals surface area contributed by atoms with Crippen molar-refractivity contribution in [3.63, 3.8) is 0 Å². The van der Waals surface area contributed by atoms with Gasteiger partial charge in [0.1, 0.15) is 18.2 Å². The Kier molecular flexibility index (Phi) is 6.61. The third-order valence-corrected chi connectivity index (χ3v) is 4.69. The smallest absolute Gasteiger partial charge is 0.223 e. The minimum Gasteiger partial charge on any atom is -0.492 e. The molecule has 2 aromatic carbocycles. The molecule has 0 saturated carbocycles. The molecule has 0 aromatic heterocycles. The second-order valence-electron chi connectivity index (χ2n) is 6.63. The predicted molar refractivity (Wildman–Crippen MR) is 99.3 cm³/mol. The zero-order valence-electron chi connectivity index (χ0n) is 14.9. The van der Waals surface area contributed by atoms with E-state index in [9.17, 15) is 9.18 Å². The molecule has 0 spiro atoms. The Morgan fingerprint density at radius 1 is 1.08 bits per heavy atom. The molecule has 0 bridgehead atoms. The molecule has 5 heteroatoms. The van der Waals surface area contributed by atoms with Gasteiger partial charge in [0.15, 0.2) is 0 Å². The highest BCUT2D eigenvalue weighted by Crippen LogP contribution is 2.19. The quantitative estimate of drug-likeness (QED) is 0.775. The largest absolute Gasteiger partial charge is 0.492 e. The van der Waals surface area contributed by atoms with Gasteiger partial charge < -0.3 is 10.1 Å². The summed E-state index contributed by atoms with van der Waals surface area (Å²) in [6, 6.07) is 16.3. The number of likely N-dealkylation sites (tertiary alicyclic amines) is 1. The van der Waals surface area contributed by atoms with Gasteiger partial charge in [-0.3, -0.25) is 9.69 Å². The van der Waals surface area contributed by atoms with Gasteiger partial charge in [-0.2, -0.15) is 0 Å². The second-order valence-corrected chi connectivity index (χ2v) is 6.63. The summed E-state index contributed by atoms with van der Waals surface area (Å²) in [5.74, 6) is 0.499. The number of nitrogens with zero attached hydrogens (tertiary/aromatic N) is 1. The maximum atomic E-state index is 12.8. The topological polar surface area (TPSA) is 41.6 Å². The number of amides is 1. The fourth-order valence-corrected chi connectivity index (χ4v) is 3.21. The van der Waals surface area contributed by atoms with Crippen LogP contribution in [0.5, 0.6) is 5.75 Å². The van der Waals surface area contributed by atoms with Crippen molar-refractivity contribution in [3.05, 3.63) is 66.0 Å². The lowest BCUT2D eigenvalue weighted by atomic mass is 9.95. The van der Waals surface area contributed by atoms with Gasteiger partial charge in [-0.1, -0.05) is 30.3 Å². The molecule has 1 amide bonds. The van der Waals surface area contributed by atoms with Crippen LogP contribution in [0.25, 0.3) is 0 Å². The van der Waals surface area contributed by atoms with Crippen LogP contribution in [-0.2, 0) is 11.3 Å². The maximum Gasteiger partial charge on any atom is 0.223 e. The fraction of sp³-hybridized carbons (Fsp3) is 0.381. The van der Waals surface area contributed by atoms with Crippen LogP contribution in [0.2, 0.25) is 0 Å². The summed E-state index contributed by atoms with van der Waals surface area (Å²) in [6.07, 6.45) is 1.77. The van der Waals surface area contributed by atoms with Gasteiger partial charge >= 0.3 is 0 Å². The SMILES string of the molecule is O=C(NCCOc1ccc(F)cc1)C1CCN(Cc2ccccc2)CC1. The van der Waals surface area contributed by atoms with Gasteiger partial charge in [0.2, 0.25) is 5.91 Å². The van der Waals surface area contributed by atoms with Crippen LogP contribution in [0.1, 0.15) is 18.4 Å². The van der Waals surface area contributed by atoms with E-state index in [0.29, 0.717) is 18.9 Å². The monoisotopic (exact) mass is 356 g/mol. The van der Waals surface area contributed by atoms with Crippen molar-refractivity contribution in [3.8, 4) is 5.75 Å². The molecule has 0 atom stereocenters. The summed E-state index contributed by atoms with van der Waals surface area (Å²) in [4.78, 5) is 14.7. The molecule has 1 N–H and O–H groups in total. The number of hydrogen-bond donors (Lipinski definition) is 1. The maximum absolute atomic E-state index is 12.8. The highest BCUT2D eigenvalue weighted by molar-refractivity contribution is 5.78. The standard InChI is InChI=1S/C21H25FN2O2/c22-19-6-8-20(9-7-19)26-15-12-23-21(25)18-10-13-24(14-11-18)16-17-4-2-1-3-5-17/h1-9,18H,10-16H2,(H,23,25). The summed E-state index contributed by atoms with van der Waals surface area (Å²) in [5.41, 5.74) is 1.31. The van der Waals surface area contributed by atoms with E-state index in [2.05, 4.69) is 34.5 Å². The highest BCUT2D eigenvalue weighted by atomic mass is 19.1. The van der Waals surface area contributed by atoms with E-state index in [1.807, 2.05) is 6.07 Å². The lowest BCUT2D eigenvalue weighted by Crippen LogP contribution is -2.41. The summed E-state index contributed by atoms with van der Waals surface area (Å²) in [7, 11) is 0. The molecule has 0 aliphatic carbocycles. The predicted octanol–water partition coefficient (Wildman–Crippen LogP) is 3.23. The minimum absolute atomic E-state index is 0.0767. The van der Waals surface area contributed by atoms with Crippen molar-refractivity contribution in [2.45, 2.75) is 19.4 Å². The number of nitrogens with one attached hydrogen (secondary N) is 1. The Morgan fingerprint density at radius 3 is 2.46 bits per heavy atom. The van der Waals surface area contributed by atoms with Crippen molar-refractivity contribution in [2.75, 3.05) is 26.2 Å². The first kappa shape index (κ1) is 18.4. The first-order chi connectivity index (χ1) is 12.7. The Balaban J connectivity index is 1.32. The summed E-state index contributed by atoms with van der Waals surface area (Å²) < 4.78 is 18.3. The number of benzene rings is 2. The number of ether oxygens (including phenoxy) is 1. The average molecular weight is 356 g/mol. The van der Waals surface area contributed by atoms with Crippen LogP contribution < -0.4 is 10.1 Å². The molecule has 1 fully saturated rings. The summed E-state index contributed by atoms with van der Waals surface area (Å²) in [6.45, 7) is 3.67. The number of carbonyl (C=O) groups is 1. The van der Waals surface area contributed by atoms with Crippen LogP contribution in [0, 0.1) is 11.7 Å². The first-order valence-electron chi connectivity index (χ1n) is 9.13. The zero-order valence-corrected chi connectivity index (χ0v) is 14.9. The third-order valence-electron chi connectivity index (χ3n) is 4.69. The number of rotatable bonds is 7. The lowest BCUT2D eigenvalue weighted by Gasteiger charge is -2.31. The molecule has 1 heterocycles. The van der Waals surface area contributed by atoms with Gasteiger partial charge in [-0.25, -0.2) is 4.39 Å². The van der Waals surface area contributed by atoms with Crippen molar-refractivity contribution in [2.24, 2.45) is 5.92 Å². The number of piperidine rings is 1. The fourth-order valence-electron chi connectivity index (χ4n) is 3.21. The van der Waals surface area contributed by atoms with Crippen molar-refractivity contribution >= 4 is 5.91 Å². The molecule has 0 unspecified atom stereocenters. The molecule has 138 valence electrons. The van der Waals surface area contributed by atoms with E-state index in [-0.39, 0.29) is 17.6 Å².